The number of imidazole rings is 1. The maximum atomic E-state index is 13.9. The molecular weight excluding hydrogens is 376 g/mol. The van der Waals surface area contributed by atoms with Gasteiger partial charge in [-0.3, -0.25) is 0 Å². The van der Waals surface area contributed by atoms with Gasteiger partial charge >= 0.3 is 0 Å². The van der Waals surface area contributed by atoms with E-state index in [1.807, 2.05) is 25.1 Å². The van der Waals surface area contributed by atoms with E-state index in [9.17, 15) is 8.78 Å². The van der Waals surface area contributed by atoms with Gasteiger partial charge in [0.2, 0.25) is 0 Å². The highest BCUT2D eigenvalue weighted by atomic mass is 19.1. The van der Waals surface area contributed by atoms with Crippen LogP contribution in [0, 0.1) is 11.6 Å². The summed E-state index contributed by atoms with van der Waals surface area (Å²) in [6.07, 6.45) is 4.77. The van der Waals surface area contributed by atoms with Crippen molar-refractivity contribution in [2.45, 2.75) is 13.0 Å². The Morgan fingerprint density at radius 2 is 1.90 bits per heavy atom. The molecule has 0 aliphatic heterocycles. The highest BCUT2D eigenvalue weighted by molar-refractivity contribution is 5.85. The third-order valence-electron chi connectivity index (χ3n) is 4.70. The first-order chi connectivity index (χ1) is 14.1. The van der Waals surface area contributed by atoms with Gasteiger partial charge in [0.05, 0.1) is 23.6 Å². The summed E-state index contributed by atoms with van der Waals surface area (Å²) in [7, 11) is 0. The van der Waals surface area contributed by atoms with Crippen molar-refractivity contribution in [1.82, 2.24) is 29.5 Å². The van der Waals surface area contributed by atoms with Crippen LogP contribution >= 0.6 is 0 Å². The lowest BCUT2D eigenvalue weighted by molar-refractivity contribution is 0.584. The Kier molecular flexibility index (Phi) is 3.94. The third kappa shape index (κ3) is 2.96. The van der Waals surface area contributed by atoms with Gasteiger partial charge in [0.1, 0.15) is 23.5 Å². The molecule has 0 saturated carbocycles. The number of nitrogens with zero attached hydrogens (tertiary/aromatic N) is 5. The van der Waals surface area contributed by atoms with Gasteiger partial charge in [-0.2, -0.15) is 5.10 Å². The minimum atomic E-state index is -0.643. The first-order valence-corrected chi connectivity index (χ1v) is 8.94. The van der Waals surface area contributed by atoms with Crippen LogP contribution < -0.4 is 5.32 Å². The number of anilines is 1. The molecule has 1 aromatic carbocycles. The van der Waals surface area contributed by atoms with E-state index in [1.54, 1.807) is 17.0 Å². The van der Waals surface area contributed by atoms with Gasteiger partial charge in [0.25, 0.3) is 0 Å². The monoisotopic (exact) mass is 391 g/mol. The molecule has 0 aliphatic carbocycles. The maximum absolute atomic E-state index is 13.9. The number of halogens is 2. The lowest BCUT2D eigenvalue weighted by Gasteiger charge is -2.14. The molecule has 0 spiro atoms. The summed E-state index contributed by atoms with van der Waals surface area (Å²) in [5.74, 6) is -0.746. The minimum Gasteiger partial charge on any atom is -0.360 e. The number of aromatic amines is 1. The summed E-state index contributed by atoms with van der Waals surface area (Å²) in [6.45, 7) is 1.90. The second-order valence-corrected chi connectivity index (χ2v) is 6.64. The molecule has 4 aromatic heterocycles. The molecule has 0 radical (unpaired) electrons. The van der Waals surface area contributed by atoms with Crippen LogP contribution in [0.5, 0.6) is 0 Å². The van der Waals surface area contributed by atoms with Crippen LogP contribution in [0.15, 0.2) is 55.2 Å². The van der Waals surface area contributed by atoms with Crippen molar-refractivity contribution >= 4 is 22.5 Å². The molecule has 29 heavy (non-hydrogen) atoms. The Labute approximate surface area is 163 Å². The van der Waals surface area contributed by atoms with Crippen molar-refractivity contribution in [3.63, 3.8) is 0 Å². The lowest BCUT2D eigenvalue weighted by Crippen LogP contribution is -2.10. The van der Waals surface area contributed by atoms with Crippen LogP contribution in [-0.4, -0.2) is 29.5 Å². The average Bonchev–Trinajstić information content (AvgIpc) is 3.32. The Morgan fingerprint density at radius 3 is 2.72 bits per heavy atom. The normalized spacial score (nSPS) is 12.5. The van der Waals surface area contributed by atoms with Crippen molar-refractivity contribution in [3.05, 3.63) is 72.6 Å². The van der Waals surface area contributed by atoms with Crippen LogP contribution in [0.25, 0.3) is 27.8 Å². The fourth-order valence-electron chi connectivity index (χ4n) is 3.46. The number of H-pyrrole nitrogens is 1. The molecule has 9 heteroatoms. The van der Waals surface area contributed by atoms with Gasteiger partial charge in [-0.05, 0) is 36.8 Å². The zero-order valence-electron chi connectivity index (χ0n) is 15.3. The summed E-state index contributed by atoms with van der Waals surface area (Å²) in [5.41, 5.74) is 3.65. The standard InChI is InChI=1S/C20H15F2N7/c1-11(27-20-18-19(24-9-23-18)25-10-26-20)17-16(12-6-13(21)8-14(22)7-12)15-4-2-3-5-29(15)28-17/h2-11H,1H3,(H2,23,24,25,26,27). The number of benzene rings is 1. The van der Waals surface area contributed by atoms with Crippen LogP contribution in [-0.2, 0) is 0 Å². The molecule has 2 N–H and O–H groups in total. The lowest BCUT2D eigenvalue weighted by atomic mass is 10.0. The van der Waals surface area contributed by atoms with E-state index in [0.29, 0.717) is 33.8 Å². The number of hydrogen-bond donors (Lipinski definition) is 2. The number of hydrogen-bond acceptors (Lipinski definition) is 5. The van der Waals surface area contributed by atoms with Crippen molar-refractivity contribution < 1.29 is 8.78 Å². The largest absolute Gasteiger partial charge is 0.360 e. The van der Waals surface area contributed by atoms with Crippen molar-refractivity contribution in [2.24, 2.45) is 0 Å². The Morgan fingerprint density at radius 1 is 1.07 bits per heavy atom. The maximum Gasteiger partial charge on any atom is 0.162 e. The molecule has 0 bridgehead atoms. The van der Waals surface area contributed by atoms with E-state index in [0.717, 1.165) is 11.6 Å². The Balaban J connectivity index is 1.65. The highest BCUT2D eigenvalue weighted by Crippen LogP contribution is 2.34. The molecule has 1 unspecified atom stereocenters. The predicted octanol–water partition coefficient (Wildman–Crippen LogP) is 4.12. The smallest absolute Gasteiger partial charge is 0.162 e. The summed E-state index contributed by atoms with van der Waals surface area (Å²) in [6, 6.07) is 8.69. The molecular formula is C20H15F2N7. The molecule has 0 saturated heterocycles. The zero-order chi connectivity index (χ0) is 20.0. The van der Waals surface area contributed by atoms with Crippen molar-refractivity contribution in [2.75, 3.05) is 5.32 Å². The van der Waals surface area contributed by atoms with Gasteiger partial charge in [-0.1, -0.05) is 6.07 Å². The van der Waals surface area contributed by atoms with E-state index in [-0.39, 0.29) is 6.04 Å². The molecule has 1 atom stereocenters. The fraction of sp³-hybridized carbons (Fsp3) is 0.100. The van der Waals surface area contributed by atoms with E-state index in [2.05, 4.69) is 30.4 Å². The second-order valence-electron chi connectivity index (χ2n) is 6.64. The molecule has 144 valence electrons. The van der Waals surface area contributed by atoms with Gasteiger partial charge in [-0.25, -0.2) is 28.2 Å². The molecule has 0 fully saturated rings. The van der Waals surface area contributed by atoms with Crippen LogP contribution in [0.4, 0.5) is 14.6 Å². The first kappa shape index (κ1) is 17.2. The Bertz CT molecular complexity index is 1320. The number of rotatable bonds is 4. The summed E-state index contributed by atoms with van der Waals surface area (Å²) in [4.78, 5) is 15.6. The quantitative estimate of drug-likeness (QED) is 0.482. The Hall–Kier alpha value is -3.88. The fourth-order valence-corrected chi connectivity index (χ4v) is 3.46. The van der Waals surface area contributed by atoms with Gasteiger partial charge < -0.3 is 10.3 Å². The van der Waals surface area contributed by atoms with Crippen LogP contribution in [0.2, 0.25) is 0 Å². The molecule has 5 rings (SSSR count). The van der Waals surface area contributed by atoms with E-state index < -0.39 is 11.6 Å². The van der Waals surface area contributed by atoms with E-state index in [4.69, 9.17) is 0 Å². The van der Waals surface area contributed by atoms with Gasteiger partial charge in [0, 0.05) is 17.8 Å². The summed E-state index contributed by atoms with van der Waals surface area (Å²) in [5, 5.41) is 7.94. The topological polar surface area (TPSA) is 83.8 Å². The van der Waals surface area contributed by atoms with Crippen LogP contribution in [0.3, 0.4) is 0 Å². The van der Waals surface area contributed by atoms with Crippen molar-refractivity contribution in [1.29, 1.82) is 0 Å². The minimum absolute atomic E-state index is 0.328. The SMILES string of the molecule is CC(Nc1ncnc2[nH]cnc12)c1nn2ccccc2c1-c1cc(F)cc(F)c1. The summed E-state index contributed by atoms with van der Waals surface area (Å²) < 4.78 is 29.5. The molecule has 5 aromatic rings. The molecule has 0 amide bonds. The second kappa shape index (κ2) is 6.62. The molecule has 0 aliphatic rings. The van der Waals surface area contributed by atoms with E-state index >= 15 is 0 Å². The predicted molar refractivity (Wildman–Crippen MR) is 104 cm³/mol. The van der Waals surface area contributed by atoms with Crippen LogP contribution in [0.1, 0.15) is 18.7 Å². The van der Waals surface area contributed by atoms with Gasteiger partial charge in [0.15, 0.2) is 11.5 Å². The number of nitrogens with one attached hydrogen (secondary N) is 2. The number of fused-ring (bicyclic) bond motifs is 2. The van der Waals surface area contributed by atoms with E-state index in [1.165, 1.54) is 18.5 Å². The summed E-state index contributed by atoms with van der Waals surface area (Å²) >= 11 is 0. The highest BCUT2D eigenvalue weighted by Gasteiger charge is 2.22. The number of aromatic nitrogens is 6. The molecule has 4 heterocycles. The first-order valence-electron chi connectivity index (χ1n) is 8.94. The zero-order valence-corrected chi connectivity index (χ0v) is 15.3. The number of pyridine rings is 1. The van der Waals surface area contributed by atoms with Gasteiger partial charge in [-0.15, -0.1) is 0 Å². The average molecular weight is 391 g/mol. The molecule has 7 nitrogen and oxygen atoms in total. The van der Waals surface area contributed by atoms with Crippen molar-refractivity contribution in [3.8, 4) is 11.1 Å². The third-order valence-corrected chi connectivity index (χ3v) is 4.70.